The molecular formula is C29H34N4O2. The summed E-state index contributed by atoms with van der Waals surface area (Å²) >= 11 is 0. The number of carbonyl (C=O) groups is 1. The lowest BCUT2D eigenvalue weighted by molar-refractivity contribution is 0.0595. The molecule has 6 heteroatoms. The van der Waals surface area contributed by atoms with Crippen LogP contribution in [0.5, 0.6) is 5.75 Å². The van der Waals surface area contributed by atoms with Gasteiger partial charge in [-0.2, -0.15) is 0 Å². The molecule has 0 N–H and O–H groups in total. The van der Waals surface area contributed by atoms with Gasteiger partial charge in [-0.1, -0.05) is 56.3 Å². The van der Waals surface area contributed by atoms with Gasteiger partial charge in [0.25, 0.3) is 5.91 Å². The van der Waals surface area contributed by atoms with Crippen LogP contribution in [-0.2, 0) is 0 Å². The van der Waals surface area contributed by atoms with E-state index in [1.54, 1.807) is 0 Å². The molecule has 0 saturated carbocycles. The Kier molecular flexibility index (Phi) is 7.11. The van der Waals surface area contributed by atoms with E-state index in [1.807, 2.05) is 41.4 Å². The Bertz CT molecular complexity index is 1120. The number of nitrogens with zero attached hydrogens (tertiary/aromatic N) is 4. The zero-order chi connectivity index (χ0) is 24.2. The average Bonchev–Trinajstić information content (AvgIpc) is 3.25. The highest BCUT2D eigenvalue weighted by atomic mass is 16.5. The lowest BCUT2D eigenvalue weighted by Gasteiger charge is -2.38. The van der Waals surface area contributed by atoms with E-state index in [1.165, 1.54) is 16.7 Å². The minimum atomic E-state index is 0.0528. The number of rotatable bonds is 8. The fourth-order valence-corrected chi connectivity index (χ4v) is 5.32. The minimum Gasteiger partial charge on any atom is -0.491 e. The molecule has 2 heterocycles. The second-order valence-electron chi connectivity index (χ2n) is 9.13. The van der Waals surface area contributed by atoms with Gasteiger partial charge in [-0.15, -0.1) is 0 Å². The molecule has 1 aromatic heterocycles. The summed E-state index contributed by atoms with van der Waals surface area (Å²) in [4.78, 5) is 24.9. The van der Waals surface area contributed by atoms with E-state index < -0.39 is 0 Å². The standard InChI is InChI=1S/C29H34N4O2/c1-3-31(4-2)20-21-35-26-14-8-7-12-24(26)29(34)33-18-16-32(17-19-33)28-23-11-6-5-10-22(23)27-25(28)13-9-15-30-27/h5-15,28H,3-4,16-21H2,1-2H3. The maximum absolute atomic E-state index is 13.5. The fraction of sp³-hybridized carbons (Fsp3) is 0.379. The molecule has 3 aromatic rings. The smallest absolute Gasteiger partial charge is 0.257 e. The Morgan fingerprint density at radius 2 is 1.66 bits per heavy atom. The molecule has 182 valence electrons. The first-order valence-corrected chi connectivity index (χ1v) is 12.7. The molecule has 1 unspecified atom stereocenters. The number of amides is 1. The van der Waals surface area contributed by atoms with Crippen LogP contribution in [0.25, 0.3) is 11.3 Å². The Morgan fingerprint density at radius 1 is 0.943 bits per heavy atom. The Balaban J connectivity index is 1.26. The normalized spacial score (nSPS) is 17.3. The van der Waals surface area contributed by atoms with Gasteiger partial charge < -0.3 is 14.5 Å². The van der Waals surface area contributed by atoms with Gasteiger partial charge in [0, 0.05) is 50.0 Å². The molecule has 1 fully saturated rings. The highest BCUT2D eigenvalue weighted by Gasteiger charge is 2.36. The monoisotopic (exact) mass is 470 g/mol. The summed E-state index contributed by atoms with van der Waals surface area (Å²) in [6.07, 6.45) is 1.87. The van der Waals surface area contributed by atoms with Crippen LogP contribution in [0.15, 0.2) is 66.9 Å². The van der Waals surface area contributed by atoms with Gasteiger partial charge in [0.1, 0.15) is 12.4 Å². The van der Waals surface area contributed by atoms with Crippen molar-refractivity contribution in [2.45, 2.75) is 19.9 Å². The minimum absolute atomic E-state index is 0.0528. The van der Waals surface area contributed by atoms with Gasteiger partial charge in [0.15, 0.2) is 0 Å². The Hall–Kier alpha value is -3.22. The molecule has 5 rings (SSSR count). The first-order chi connectivity index (χ1) is 17.2. The number of aromatic nitrogens is 1. The number of para-hydroxylation sites is 1. The molecule has 1 saturated heterocycles. The van der Waals surface area contributed by atoms with E-state index in [0.29, 0.717) is 31.0 Å². The molecule has 1 amide bonds. The number of carbonyl (C=O) groups excluding carboxylic acids is 1. The molecular weight excluding hydrogens is 436 g/mol. The van der Waals surface area contributed by atoms with E-state index in [9.17, 15) is 4.79 Å². The first-order valence-electron chi connectivity index (χ1n) is 12.7. The van der Waals surface area contributed by atoms with Crippen molar-refractivity contribution in [2.24, 2.45) is 0 Å². The number of benzene rings is 2. The Labute approximate surface area is 208 Å². The van der Waals surface area contributed by atoms with Crippen LogP contribution in [0, 0.1) is 0 Å². The zero-order valence-electron chi connectivity index (χ0n) is 20.7. The molecule has 0 bridgehead atoms. The zero-order valence-corrected chi connectivity index (χ0v) is 20.7. The molecule has 1 atom stereocenters. The third-order valence-electron chi connectivity index (χ3n) is 7.29. The summed E-state index contributed by atoms with van der Waals surface area (Å²) in [7, 11) is 0. The van der Waals surface area contributed by atoms with Crippen molar-refractivity contribution in [3.63, 3.8) is 0 Å². The van der Waals surface area contributed by atoms with Crippen LogP contribution < -0.4 is 4.74 Å². The molecule has 35 heavy (non-hydrogen) atoms. The van der Waals surface area contributed by atoms with Crippen molar-refractivity contribution in [1.29, 1.82) is 0 Å². The number of ether oxygens (including phenoxy) is 1. The number of hydrogen-bond donors (Lipinski definition) is 0. The maximum atomic E-state index is 13.5. The van der Waals surface area contributed by atoms with Crippen LogP contribution in [0.4, 0.5) is 0 Å². The van der Waals surface area contributed by atoms with Gasteiger partial charge in [-0.3, -0.25) is 14.7 Å². The van der Waals surface area contributed by atoms with Crippen molar-refractivity contribution >= 4 is 5.91 Å². The van der Waals surface area contributed by atoms with Crippen LogP contribution in [0.1, 0.15) is 41.4 Å². The third-order valence-corrected chi connectivity index (χ3v) is 7.29. The highest BCUT2D eigenvalue weighted by Crippen LogP contribution is 2.45. The molecule has 1 aliphatic heterocycles. The predicted molar refractivity (Wildman–Crippen MR) is 139 cm³/mol. The Morgan fingerprint density at radius 3 is 2.46 bits per heavy atom. The number of pyridine rings is 1. The van der Waals surface area contributed by atoms with E-state index in [0.717, 1.165) is 38.4 Å². The number of likely N-dealkylation sites (N-methyl/N-ethyl adjacent to an activating group) is 1. The topological polar surface area (TPSA) is 48.9 Å². The lowest BCUT2D eigenvalue weighted by atomic mass is 10.0. The van der Waals surface area contributed by atoms with Crippen LogP contribution in [0.2, 0.25) is 0 Å². The lowest BCUT2D eigenvalue weighted by Crippen LogP contribution is -2.49. The van der Waals surface area contributed by atoms with Crippen LogP contribution in [-0.4, -0.2) is 78.0 Å². The van der Waals surface area contributed by atoms with Crippen molar-refractivity contribution in [1.82, 2.24) is 19.7 Å². The summed E-state index contributed by atoms with van der Waals surface area (Å²) in [5.74, 6) is 0.730. The maximum Gasteiger partial charge on any atom is 0.257 e. The van der Waals surface area contributed by atoms with E-state index in [2.05, 4.69) is 59.0 Å². The molecule has 0 radical (unpaired) electrons. The largest absolute Gasteiger partial charge is 0.491 e. The summed E-state index contributed by atoms with van der Waals surface area (Å²) < 4.78 is 6.06. The second kappa shape index (κ2) is 10.6. The fourth-order valence-electron chi connectivity index (χ4n) is 5.32. The van der Waals surface area contributed by atoms with Gasteiger partial charge in [-0.05, 0) is 36.9 Å². The molecule has 2 aliphatic rings. The van der Waals surface area contributed by atoms with Gasteiger partial charge in [0.05, 0.1) is 17.3 Å². The molecule has 6 nitrogen and oxygen atoms in total. The number of fused-ring (bicyclic) bond motifs is 3. The van der Waals surface area contributed by atoms with Gasteiger partial charge >= 0.3 is 0 Å². The van der Waals surface area contributed by atoms with E-state index >= 15 is 0 Å². The first kappa shape index (κ1) is 23.5. The van der Waals surface area contributed by atoms with Gasteiger partial charge in [-0.25, -0.2) is 0 Å². The third kappa shape index (κ3) is 4.68. The van der Waals surface area contributed by atoms with Crippen molar-refractivity contribution in [3.05, 3.63) is 83.6 Å². The summed E-state index contributed by atoms with van der Waals surface area (Å²) in [5.41, 5.74) is 5.54. The van der Waals surface area contributed by atoms with Crippen molar-refractivity contribution in [2.75, 3.05) is 52.4 Å². The van der Waals surface area contributed by atoms with E-state index in [4.69, 9.17) is 4.74 Å². The average molecular weight is 471 g/mol. The number of hydrogen-bond acceptors (Lipinski definition) is 5. The summed E-state index contributed by atoms with van der Waals surface area (Å²) in [5, 5.41) is 0. The molecule has 0 spiro atoms. The highest BCUT2D eigenvalue weighted by molar-refractivity contribution is 5.97. The summed E-state index contributed by atoms with van der Waals surface area (Å²) in [6.45, 7) is 10.8. The second-order valence-corrected chi connectivity index (χ2v) is 9.13. The van der Waals surface area contributed by atoms with Crippen molar-refractivity contribution < 1.29 is 9.53 Å². The molecule has 2 aromatic carbocycles. The van der Waals surface area contributed by atoms with Crippen LogP contribution in [0.3, 0.4) is 0 Å². The summed E-state index contributed by atoms with van der Waals surface area (Å²) in [6, 6.07) is 20.6. The number of piperazine rings is 1. The van der Waals surface area contributed by atoms with Crippen molar-refractivity contribution in [3.8, 4) is 17.0 Å². The molecule has 1 aliphatic carbocycles. The SMILES string of the molecule is CCN(CC)CCOc1ccccc1C(=O)N1CCN(C2c3ccccc3-c3ncccc32)CC1. The predicted octanol–water partition coefficient (Wildman–Crippen LogP) is 4.33. The van der Waals surface area contributed by atoms with Crippen LogP contribution >= 0.6 is 0 Å². The van der Waals surface area contributed by atoms with E-state index in [-0.39, 0.29) is 11.9 Å². The quantitative estimate of drug-likeness (QED) is 0.491. The van der Waals surface area contributed by atoms with Gasteiger partial charge in [0.2, 0.25) is 0 Å².